The number of rotatable bonds is 8. The number of benzene rings is 1. The lowest BCUT2D eigenvalue weighted by Gasteiger charge is -2.19. The summed E-state index contributed by atoms with van der Waals surface area (Å²) in [6.07, 6.45) is -0.0247. The van der Waals surface area contributed by atoms with Gasteiger partial charge in [-0.3, -0.25) is 10.1 Å². The number of hydrogen-bond donors (Lipinski definition) is 0. The van der Waals surface area contributed by atoms with Crippen LogP contribution < -0.4 is 0 Å². The highest BCUT2D eigenvalue weighted by molar-refractivity contribution is 7.88. The number of nitrogens with zero attached hydrogens (tertiary/aromatic N) is 4. The summed E-state index contributed by atoms with van der Waals surface area (Å²) in [6, 6.07) is 9.28. The molecule has 0 atom stereocenters. The van der Waals surface area contributed by atoms with E-state index in [1.165, 1.54) is 24.3 Å². The maximum atomic E-state index is 12.4. The molecule has 0 radical (unpaired) electrons. The molecule has 0 fully saturated rings. The SMILES string of the molecule is N#CCCN(CCC#N)S(=O)(=O)Cc1ccccc1[N+](=O)[O-]. The van der Waals surface area contributed by atoms with Crippen LogP contribution >= 0.6 is 0 Å². The molecule has 0 N–H and O–H groups in total. The molecule has 1 aromatic rings. The van der Waals surface area contributed by atoms with Crippen LogP contribution in [0.15, 0.2) is 24.3 Å². The van der Waals surface area contributed by atoms with Crippen molar-refractivity contribution in [2.75, 3.05) is 13.1 Å². The van der Waals surface area contributed by atoms with Crippen molar-refractivity contribution >= 4 is 15.7 Å². The molecular formula is C13H14N4O4S. The Labute approximate surface area is 128 Å². The molecule has 0 saturated heterocycles. The number of hydrogen-bond acceptors (Lipinski definition) is 6. The molecule has 0 saturated carbocycles. The summed E-state index contributed by atoms with van der Waals surface area (Å²) >= 11 is 0. The zero-order valence-corrected chi connectivity index (χ0v) is 12.5. The van der Waals surface area contributed by atoms with Gasteiger partial charge in [-0.2, -0.15) is 14.8 Å². The molecule has 1 rings (SSSR count). The Balaban J connectivity index is 3.04. The summed E-state index contributed by atoms with van der Waals surface area (Å²) in [4.78, 5) is 10.3. The molecule has 0 heterocycles. The Morgan fingerprint density at radius 1 is 1.14 bits per heavy atom. The van der Waals surface area contributed by atoms with E-state index < -0.39 is 20.7 Å². The van der Waals surface area contributed by atoms with Crippen LogP contribution in [0.2, 0.25) is 0 Å². The molecule has 0 amide bonds. The smallest absolute Gasteiger partial charge is 0.258 e. The molecule has 22 heavy (non-hydrogen) atoms. The van der Waals surface area contributed by atoms with E-state index in [0.29, 0.717) is 0 Å². The molecule has 0 spiro atoms. The first-order valence-corrected chi connectivity index (χ1v) is 7.97. The maximum absolute atomic E-state index is 12.4. The Bertz CT molecular complexity index is 700. The van der Waals surface area contributed by atoms with Crippen LogP contribution in [0.5, 0.6) is 0 Å². The zero-order valence-electron chi connectivity index (χ0n) is 11.7. The Morgan fingerprint density at radius 3 is 2.18 bits per heavy atom. The van der Waals surface area contributed by atoms with Gasteiger partial charge in [0.25, 0.3) is 5.69 Å². The third-order valence-corrected chi connectivity index (χ3v) is 4.69. The highest BCUT2D eigenvalue weighted by atomic mass is 32.2. The molecule has 0 unspecified atom stereocenters. The van der Waals surface area contributed by atoms with Crippen molar-refractivity contribution < 1.29 is 13.3 Å². The normalized spacial score (nSPS) is 10.9. The first-order valence-electron chi connectivity index (χ1n) is 6.36. The van der Waals surface area contributed by atoms with E-state index >= 15 is 0 Å². The van der Waals surface area contributed by atoms with Gasteiger partial charge in [0.1, 0.15) is 0 Å². The van der Waals surface area contributed by atoms with E-state index in [-0.39, 0.29) is 37.2 Å². The molecule has 1 aromatic carbocycles. The zero-order chi connectivity index (χ0) is 16.6. The summed E-state index contributed by atoms with van der Waals surface area (Å²) in [5.41, 5.74) is -0.196. The Morgan fingerprint density at radius 2 is 1.68 bits per heavy atom. The highest BCUT2D eigenvalue weighted by Crippen LogP contribution is 2.21. The lowest BCUT2D eigenvalue weighted by Crippen LogP contribution is -2.34. The largest absolute Gasteiger partial charge is 0.273 e. The predicted molar refractivity (Wildman–Crippen MR) is 77.8 cm³/mol. The molecule has 8 nitrogen and oxygen atoms in total. The van der Waals surface area contributed by atoms with Gasteiger partial charge in [0.05, 0.1) is 22.8 Å². The standard InChI is InChI=1S/C13H14N4O4S/c14-7-3-9-16(10-4-8-15)22(20,21)11-12-5-1-2-6-13(12)17(18)19/h1-2,5-6H,3-4,9-11H2. The van der Waals surface area contributed by atoms with E-state index in [1.54, 1.807) is 0 Å². The number of sulfonamides is 1. The third kappa shape index (κ3) is 4.81. The number of nitriles is 2. The average molecular weight is 322 g/mol. The fraction of sp³-hybridized carbons (Fsp3) is 0.385. The van der Waals surface area contributed by atoms with Crippen molar-refractivity contribution in [2.45, 2.75) is 18.6 Å². The minimum atomic E-state index is -3.85. The van der Waals surface area contributed by atoms with Crippen LogP contribution in [0.1, 0.15) is 18.4 Å². The number of nitro benzene ring substituents is 1. The van der Waals surface area contributed by atoms with Gasteiger partial charge >= 0.3 is 0 Å². The highest BCUT2D eigenvalue weighted by Gasteiger charge is 2.25. The van der Waals surface area contributed by atoms with Crippen molar-refractivity contribution in [3.63, 3.8) is 0 Å². The summed E-state index contributed by atoms with van der Waals surface area (Å²) < 4.78 is 25.8. The molecule has 0 aliphatic carbocycles. The lowest BCUT2D eigenvalue weighted by atomic mass is 10.2. The first kappa shape index (κ1) is 17.6. The molecular weight excluding hydrogens is 308 g/mol. The Hall–Kier alpha value is -2.49. The molecule has 0 bridgehead atoms. The topological polar surface area (TPSA) is 128 Å². The molecule has 9 heteroatoms. The van der Waals surface area contributed by atoms with Crippen LogP contribution in [0.3, 0.4) is 0 Å². The van der Waals surface area contributed by atoms with Gasteiger partial charge in [0.2, 0.25) is 10.0 Å². The van der Waals surface area contributed by atoms with E-state index in [0.717, 1.165) is 4.31 Å². The second-order valence-corrected chi connectivity index (χ2v) is 6.33. The lowest BCUT2D eigenvalue weighted by molar-refractivity contribution is -0.385. The minimum Gasteiger partial charge on any atom is -0.258 e. The van der Waals surface area contributed by atoms with Crippen molar-refractivity contribution in [1.82, 2.24) is 4.31 Å². The summed E-state index contributed by atoms with van der Waals surface area (Å²) in [7, 11) is -3.85. The molecule has 116 valence electrons. The van der Waals surface area contributed by atoms with Crippen LogP contribution in [0.4, 0.5) is 5.69 Å². The summed E-state index contributed by atoms with van der Waals surface area (Å²) in [6.45, 7) is -0.0811. The van der Waals surface area contributed by atoms with Gasteiger partial charge in [-0.15, -0.1) is 0 Å². The monoisotopic (exact) mass is 322 g/mol. The molecule has 0 aliphatic rings. The number of para-hydroxylation sites is 1. The van der Waals surface area contributed by atoms with Gasteiger partial charge in [-0.25, -0.2) is 8.42 Å². The fourth-order valence-corrected chi connectivity index (χ4v) is 3.40. The van der Waals surface area contributed by atoms with Crippen molar-refractivity contribution in [1.29, 1.82) is 10.5 Å². The van der Waals surface area contributed by atoms with Gasteiger partial charge in [0, 0.05) is 37.6 Å². The van der Waals surface area contributed by atoms with Gasteiger partial charge in [-0.1, -0.05) is 18.2 Å². The van der Waals surface area contributed by atoms with Gasteiger partial charge < -0.3 is 0 Å². The quantitative estimate of drug-likeness (QED) is 0.527. The third-order valence-electron chi connectivity index (χ3n) is 2.87. The van der Waals surface area contributed by atoms with Crippen molar-refractivity contribution in [3.05, 3.63) is 39.9 Å². The second-order valence-electron chi connectivity index (χ2n) is 4.36. The second kappa shape index (κ2) is 8.08. The number of nitro groups is 1. The van der Waals surface area contributed by atoms with Crippen LogP contribution in [-0.4, -0.2) is 30.7 Å². The summed E-state index contributed by atoms with van der Waals surface area (Å²) in [5.74, 6) is -0.541. The summed E-state index contributed by atoms with van der Waals surface area (Å²) in [5, 5.41) is 28.1. The molecule has 0 aromatic heterocycles. The van der Waals surface area contributed by atoms with Crippen LogP contribution in [0.25, 0.3) is 0 Å². The van der Waals surface area contributed by atoms with E-state index in [2.05, 4.69) is 0 Å². The minimum absolute atomic E-state index is 0.0124. The first-order chi connectivity index (χ1) is 10.4. The van der Waals surface area contributed by atoms with Gasteiger partial charge in [-0.05, 0) is 0 Å². The van der Waals surface area contributed by atoms with Crippen LogP contribution in [0, 0.1) is 32.8 Å². The van der Waals surface area contributed by atoms with Crippen LogP contribution in [-0.2, 0) is 15.8 Å². The Kier molecular flexibility index (Phi) is 6.45. The van der Waals surface area contributed by atoms with E-state index in [1.807, 2.05) is 12.1 Å². The predicted octanol–water partition coefficient (Wildman–Crippen LogP) is 1.55. The van der Waals surface area contributed by atoms with E-state index in [4.69, 9.17) is 10.5 Å². The van der Waals surface area contributed by atoms with Crippen molar-refractivity contribution in [3.8, 4) is 12.1 Å². The fourth-order valence-electron chi connectivity index (χ4n) is 1.84. The van der Waals surface area contributed by atoms with Gasteiger partial charge in [0.15, 0.2) is 0 Å². The molecule has 0 aliphatic heterocycles. The van der Waals surface area contributed by atoms with E-state index in [9.17, 15) is 18.5 Å². The average Bonchev–Trinajstić information content (AvgIpc) is 2.47. The maximum Gasteiger partial charge on any atom is 0.273 e. The van der Waals surface area contributed by atoms with Crippen molar-refractivity contribution in [2.24, 2.45) is 0 Å².